The molecule has 134 valence electrons. The number of nitrogens with two attached hydrogens (primary N) is 1. The van der Waals surface area contributed by atoms with E-state index in [1.165, 1.54) is 11.8 Å². The number of likely N-dealkylation sites (tertiary alicyclic amines) is 1. The zero-order valence-corrected chi connectivity index (χ0v) is 14.7. The fourth-order valence-corrected chi connectivity index (χ4v) is 3.90. The Bertz CT molecular complexity index is 694. The highest BCUT2D eigenvalue weighted by molar-refractivity contribution is 8.00. The van der Waals surface area contributed by atoms with Gasteiger partial charge in [-0.3, -0.25) is 14.4 Å². The number of carbonyl (C=O) groups excluding carboxylic acids is 3. The third kappa shape index (κ3) is 4.13. The van der Waals surface area contributed by atoms with Gasteiger partial charge in [-0.1, -0.05) is 0 Å². The van der Waals surface area contributed by atoms with Crippen molar-refractivity contribution in [1.29, 1.82) is 0 Å². The van der Waals surface area contributed by atoms with Crippen LogP contribution in [0.5, 0.6) is 0 Å². The standard InChI is InChI=1S/C17H22N4O3S/c18-5-6-19-16(23)12-2-1-7-21(9-12)17(24)11-3-4-14-13(8-11)20-15(22)10-25-14/h3-4,8,12H,1-2,5-7,9-10,18H2,(H,19,23)(H,20,22). The molecule has 2 aliphatic rings. The molecular formula is C17H22N4O3S. The maximum Gasteiger partial charge on any atom is 0.253 e. The third-order valence-electron chi connectivity index (χ3n) is 4.38. The normalized spacial score (nSPS) is 19.8. The molecule has 0 spiro atoms. The molecule has 0 saturated carbocycles. The molecule has 3 rings (SSSR count). The number of nitrogens with one attached hydrogen (secondary N) is 2. The first-order valence-corrected chi connectivity index (χ1v) is 9.41. The number of piperidine rings is 1. The summed E-state index contributed by atoms with van der Waals surface area (Å²) in [6, 6.07) is 5.37. The van der Waals surface area contributed by atoms with Crippen molar-refractivity contribution in [3.8, 4) is 0 Å². The first-order valence-electron chi connectivity index (χ1n) is 8.42. The second-order valence-electron chi connectivity index (χ2n) is 6.22. The van der Waals surface area contributed by atoms with Gasteiger partial charge in [0, 0.05) is 36.6 Å². The van der Waals surface area contributed by atoms with E-state index in [0.29, 0.717) is 43.2 Å². The summed E-state index contributed by atoms with van der Waals surface area (Å²) >= 11 is 1.46. The number of hydrogen-bond donors (Lipinski definition) is 3. The van der Waals surface area contributed by atoms with E-state index >= 15 is 0 Å². The van der Waals surface area contributed by atoms with E-state index in [4.69, 9.17) is 5.73 Å². The summed E-state index contributed by atoms with van der Waals surface area (Å²) in [6.45, 7) is 1.90. The number of rotatable bonds is 4. The number of amides is 3. The molecule has 1 saturated heterocycles. The van der Waals surface area contributed by atoms with Gasteiger partial charge in [0.15, 0.2) is 0 Å². The van der Waals surface area contributed by atoms with Crippen molar-refractivity contribution < 1.29 is 14.4 Å². The van der Waals surface area contributed by atoms with Gasteiger partial charge in [-0.25, -0.2) is 0 Å². The second kappa shape index (κ2) is 7.88. The predicted molar refractivity (Wildman–Crippen MR) is 96.5 cm³/mol. The molecule has 1 aromatic rings. The van der Waals surface area contributed by atoms with Gasteiger partial charge in [0.1, 0.15) is 0 Å². The van der Waals surface area contributed by atoms with E-state index in [9.17, 15) is 14.4 Å². The van der Waals surface area contributed by atoms with Gasteiger partial charge in [0.05, 0.1) is 17.4 Å². The van der Waals surface area contributed by atoms with Crippen LogP contribution < -0.4 is 16.4 Å². The minimum Gasteiger partial charge on any atom is -0.355 e. The number of anilines is 1. The van der Waals surface area contributed by atoms with Crippen LogP contribution in [0, 0.1) is 5.92 Å². The highest BCUT2D eigenvalue weighted by atomic mass is 32.2. The topological polar surface area (TPSA) is 105 Å². The summed E-state index contributed by atoms with van der Waals surface area (Å²) < 4.78 is 0. The zero-order valence-electron chi connectivity index (χ0n) is 13.9. The van der Waals surface area contributed by atoms with E-state index < -0.39 is 0 Å². The van der Waals surface area contributed by atoms with Gasteiger partial charge < -0.3 is 21.3 Å². The molecule has 25 heavy (non-hydrogen) atoms. The van der Waals surface area contributed by atoms with Crippen LogP contribution in [0.15, 0.2) is 23.1 Å². The minimum absolute atomic E-state index is 0.0444. The van der Waals surface area contributed by atoms with Crippen LogP contribution in [0.3, 0.4) is 0 Å². The summed E-state index contributed by atoms with van der Waals surface area (Å²) in [5.74, 6) is -0.0127. The van der Waals surface area contributed by atoms with E-state index in [2.05, 4.69) is 10.6 Å². The van der Waals surface area contributed by atoms with Gasteiger partial charge in [0.25, 0.3) is 5.91 Å². The zero-order chi connectivity index (χ0) is 17.8. The Hall–Kier alpha value is -2.06. The minimum atomic E-state index is -0.197. The summed E-state index contributed by atoms with van der Waals surface area (Å²) in [5.41, 5.74) is 6.63. The van der Waals surface area contributed by atoms with E-state index in [1.807, 2.05) is 6.07 Å². The van der Waals surface area contributed by atoms with Crippen molar-refractivity contribution in [2.24, 2.45) is 11.7 Å². The largest absolute Gasteiger partial charge is 0.355 e. The Balaban J connectivity index is 1.69. The lowest BCUT2D eigenvalue weighted by Crippen LogP contribution is -2.46. The monoisotopic (exact) mass is 362 g/mol. The van der Waals surface area contributed by atoms with E-state index in [-0.39, 0.29) is 23.6 Å². The molecule has 1 aromatic carbocycles. The number of thioether (sulfide) groups is 1. The van der Waals surface area contributed by atoms with Gasteiger partial charge in [0.2, 0.25) is 11.8 Å². The van der Waals surface area contributed by atoms with E-state index in [0.717, 1.165) is 17.7 Å². The SMILES string of the molecule is NCCNC(=O)C1CCCN(C(=O)c2ccc3c(c2)NC(=O)CS3)C1. The van der Waals surface area contributed by atoms with Crippen LogP contribution in [0.25, 0.3) is 0 Å². The van der Waals surface area contributed by atoms with Crippen molar-refractivity contribution in [2.45, 2.75) is 17.7 Å². The van der Waals surface area contributed by atoms with Crippen LogP contribution in [0.1, 0.15) is 23.2 Å². The number of benzene rings is 1. The molecule has 4 N–H and O–H groups in total. The molecule has 7 nitrogen and oxygen atoms in total. The van der Waals surface area contributed by atoms with Gasteiger partial charge in [-0.15, -0.1) is 11.8 Å². The number of fused-ring (bicyclic) bond motifs is 1. The Kier molecular flexibility index (Phi) is 5.60. The fourth-order valence-electron chi connectivity index (χ4n) is 3.11. The summed E-state index contributed by atoms with van der Waals surface area (Å²) in [5, 5.41) is 5.60. The van der Waals surface area contributed by atoms with Gasteiger partial charge >= 0.3 is 0 Å². The number of hydrogen-bond acceptors (Lipinski definition) is 5. The molecule has 0 bridgehead atoms. The Morgan fingerprint density at radius 3 is 3.04 bits per heavy atom. The highest BCUT2D eigenvalue weighted by Crippen LogP contribution is 2.32. The van der Waals surface area contributed by atoms with Crippen LogP contribution in [-0.2, 0) is 9.59 Å². The fraction of sp³-hybridized carbons (Fsp3) is 0.471. The van der Waals surface area contributed by atoms with Crippen LogP contribution in [-0.4, -0.2) is 54.6 Å². The van der Waals surface area contributed by atoms with Crippen molar-refractivity contribution >= 4 is 35.2 Å². The summed E-state index contributed by atoms with van der Waals surface area (Å²) in [6.07, 6.45) is 1.57. The molecule has 3 amide bonds. The summed E-state index contributed by atoms with van der Waals surface area (Å²) in [4.78, 5) is 39.2. The Labute approximate surface area is 150 Å². The quantitative estimate of drug-likeness (QED) is 0.730. The lowest BCUT2D eigenvalue weighted by Gasteiger charge is -2.32. The first kappa shape index (κ1) is 17.8. The molecule has 1 atom stereocenters. The maximum absolute atomic E-state index is 12.8. The molecular weight excluding hydrogens is 340 g/mol. The third-order valence-corrected chi connectivity index (χ3v) is 5.46. The molecule has 2 heterocycles. The summed E-state index contributed by atoms with van der Waals surface area (Å²) in [7, 11) is 0. The molecule has 1 fully saturated rings. The van der Waals surface area contributed by atoms with Gasteiger partial charge in [-0.05, 0) is 31.0 Å². The van der Waals surface area contributed by atoms with Crippen molar-refractivity contribution in [3.63, 3.8) is 0 Å². The number of nitrogens with zero attached hydrogens (tertiary/aromatic N) is 1. The van der Waals surface area contributed by atoms with Crippen molar-refractivity contribution in [2.75, 3.05) is 37.2 Å². The van der Waals surface area contributed by atoms with E-state index in [1.54, 1.807) is 17.0 Å². The predicted octanol–water partition coefficient (Wildman–Crippen LogP) is 0.658. The molecule has 0 radical (unpaired) electrons. The van der Waals surface area contributed by atoms with Crippen molar-refractivity contribution in [1.82, 2.24) is 10.2 Å². The lowest BCUT2D eigenvalue weighted by molar-refractivity contribution is -0.126. The van der Waals surface area contributed by atoms with Gasteiger partial charge in [-0.2, -0.15) is 0 Å². The molecule has 8 heteroatoms. The Morgan fingerprint density at radius 1 is 1.40 bits per heavy atom. The highest BCUT2D eigenvalue weighted by Gasteiger charge is 2.29. The van der Waals surface area contributed by atoms with Crippen molar-refractivity contribution in [3.05, 3.63) is 23.8 Å². The average Bonchev–Trinajstić information content (AvgIpc) is 2.65. The smallest absolute Gasteiger partial charge is 0.253 e. The average molecular weight is 362 g/mol. The molecule has 1 unspecified atom stereocenters. The maximum atomic E-state index is 12.8. The van der Waals surface area contributed by atoms with Crippen LogP contribution in [0.2, 0.25) is 0 Å². The number of carbonyl (C=O) groups is 3. The first-order chi connectivity index (χ1) is 12.1. The molecule has 0 aliphatic carbocycles. The lowest BCUT2D eigenvalue weighted by atomic mass is 9.96. The van der Waals surface area contributed by atoms with Crippen LogP contribution >= 0.6 is 11.8 Å². The second-order valence-corrected chi connectivity index (χ2v) is 7.23. The molecule has 0 aromatic heterocycles. The van der Waals surface area contributed by atoms with Crippen LogP contribution in [0.4, 0.5) is 5.69 Å². The Morgan fingerprint density at radius 2 is 2.24 bits per heavy atom. The molecule has 2 aliphatic heterocycles.